The molecular formula is C16H25N3O3. The summed E-state index contributed by atoms with van der Waals surface area (Å²) in [6.07, 6.45) is 3.47. The van der Waals surface area contributed by atoms with Crippen LogP contribution in [0.4, 0.5) is 4.79 Å². The molecular weight excluding hydrogens is 282 g/mol. The van der Waals surface area contributed by atoms with Crippen molar-refractivity contribution in [1.29, 1.82) is 0 Å². The Morgan fingerprint density at radius 3 is 2.45 bits per heavy atom. The molecule has 0 saturated carbocycles. The van der Waals surface area contributed by atoms with Gasteiger partial charge in [0.15, 0.2) is 0 Å². The van der Waals surface area contributed by atoms with E-state index in [9.17, 15) is 9.59 Å². The second-order valence-electron chi connectivity index (χ2n) is 4.97. The van der Waals surface area contributed by atoms with Gasteiger partial charge in [-0.3, -0.25) is 4.79 Å². The SMILES string of the molecule is NCCCCCCNC(=O)CNC(=O)OCc1ccccc1. The van der Waals surface area contributed by atoms with Gasteiger partial charge in [0, 0.05) is 6.54 Å². The lowest BCUT2D eigenvalue weighted by Gasteiger charge is -2.08. The zero-order chi connectivity index (χ0) is 16.0. The Morgan fingerprint density at radius 2 is 1.73 bits per heavy atom. The Hall–Kier alpha value is -2.08. The molecule has 0 aromatic heterocycles. The van der Waals surface area contributed by atoms with E-state index in [1.54, 1.807) is 0 Å². The molecule has 0 atom stereocenters. The highest BCUT2D eigenvalue weighted by molar-refractivity contribution is 5.82. The molecule has 4 N–H and O–H groups in total. The van der Waals surface area contributed by atoms with Crippen LogP contribution in [0.25, 0.3) is 0 Å². The molecule has 0 fully saturated rings. The molecule has 0 aliphatic carbocycles. The third kappa shape index (κ3) is 8.97. The van der Waals surface area contributed by atoms with E-state index >= 15 is 0 Å². The molecule has 0 saturated heterocycles. The molecule has 122 valence electrons. The number of hydrogen-bond donors (Lipinski definition) is 3. The number of hydrogen-bond acceptors (Lipinski definition) is 4. The average molecular weight is 307 g/mol. The van der Waals surface area contributed by atoms with Gasteiger partial charge >= 0.3 is 6.09 Å². The highest BCUT2D eigenvalue weighted by atomic mass is 16.5. The molecule has 0 aliphatic rings. The summed E-state index contributed by atoms with van der Waals surface area (Å²) >= 11 is 0. The van der Waals surface area contributed by atoms with Crippen LogP contribution >= 0.6 is 0 Å². The van der Waals surface area contributed by atoms with Crippen molar-refractivity contribution in [2.24, 2.45) is 5.73 Å². The zero-order valence-electron chi connectivity index (χ0n) is 12.8. The van der Waals surface area contributed by atoms with Crippen molar-refractivity contribution in [2.45, 2.75) is 32.3 Å². The van der Waals surface area contributed by atoms with E-state index in [4.69, 9.17) is 10.5 Å². The van der Waals surface area contributed by atoms with Crippen LogP contribution in [0.15, 0.2) is 30.3 Å². The Kier molecular flexibility index (Phi) is 9.45. The normalized spacial score (nSPS) is 10.0. The van der Waals surface area contributed by atoms with Gasteiger partial charge in [-0.05, 0) is 24.9 Å². The number of ether oxygens (including phenoxy) is 1. The molecule has 0 unspecified atom stereocenters. The number of benzene rings is 1. The standard InChI is InChI=1S/C16H25N3O3/c17-10-6-1-2-7-11-18-15(20)12-19-16(21)22-13-14-8-4-3-5-9-14/h3-5,8-9H,1-2,6-7,10-13,17H2,(H,18,20)(H,19,21). The highest BCUT2D eigenvalue weighted by Crippen LogP contribution is 2.00. The summed E-state index contributed by atoms with van der Waals surface area (Å²) in [6.45, 7) is 1.44. The third-order valence-corrected chi connectivity index (χ3v) is 3.06. The number of carbonyl (C=O) groups is 2. The first-order chi connectivity index (χ1) is 10.7. The lowest BCUT2D eigenvalue weighted by atomic mass is 10.2. The van der Waals surface area contributed by atoms with Crippen LogP contribution < -0.4 is 16.4 Å². The minimum Gasteiger partial charge on any atom is -0.445 e. The fourth-order valence-corrected chi connectivity index (χ4v) is 1.84. The summed E-state index contributed by atoms with van der Waals surface area (Å²) in [5.41, 5.74) is 6.30. The Balaban J connectivity index is 2.02. The number of nitrogens with two attached hydrogens (primary N) is 1. The summed E-state index contributed by atoms with van der Waals surface area (Å²) in [7, 11) is 0. The van der Waals surface area contributed by atoms with Gasteiger partial charge in [-0.1, -0.05) is 43.2 Å². The molecule has 0 spiro atoms. The average Bonchev–Trinajstić information content (AvgIpc) is 2.55. The van der Waals surface area contributed by atoms with Crippen molar-refractivity contribution in [1.82, 2.24) is 10.6 Å². The summed E-state index contributed by atoms with van der Waals surface area (Å²) < 4.78 is 5.01. The fraction of sp³-hybridized carbons (Fsp3) is 0.500. The van der Waals surface area contributed by atoms with Crippen molar-refractivity contribution in [3.8, 4) is 0 Å². The van der Waals surface area contributed by atoms with Crippen LogP contribution in [-0.2, 0) is 16.1 Å². The van der Waals surface area contributed by atoms with E-state index in [0.717, 1.165) is 31.2 Å². The molecule has 0 heterocycles. The summed E-state index contributed by atoms with van der Waals surface area (Å²) in [5, 5.41) is 5.17. The van der Waals surface area contributed by atoms with E-state index in [2.05, 4.69) is 10.6 Å². The molecule has 1 aromatic carbocycles. The lowest BCUT2D eigenvalue weighted by Crippen LogP contribution is -2.37. The van der Waals surface area contributed by atoms with E-state index < -0.39 is 6.09 Å². The molecule has 2 amide bonds. The van der Waals surface area contributed by atoms with Crippen LogP contribution in [-0.4, -0.2) is 31.6 Å². The van der Waals surface area contributed by atoms with E-state index in [1.165, 1.54) is 0 Å². The van der Waals surface area contributed by atoms with Crippen LogP contribution in [0.5, 0.6) is 0 Å². The number of alkyl carbamates (subject to hydrolysis) is 1. The molecule has 0 aliphatic heterocycles. The Bertz CT molecular complexity index is 438. The second kappa shape index (κ2) is 11.6. The molecule has 6 heteroatoms. The molecule has 1 aromatic rings. The summed E-state index contributed by atoms with van der Waals surface area (Å²) in [4.78, 5) is 23.0. The molecule has 6 nitrogen and oxygen atoms in total. The van der Waals surface area contributed by atoms with Crippen LogP contribution in [0.3, 0.4) is 0 Å². The first-order valence-electron chi connectivity index (χ1n) is 7.63. The van der Waals surface area contributed by atoms with Crippen LogP contribution in [0.1, 0.15) is 31.2 Å². The molecule has 0 bridgehead atoms. The van der Waals surface area contributed by atoms with Crippen LogP contribution in [0, 0.1) is 0 Å². The summed E-state index contributed by atoms with van der Waals surface area (Å²) in [6, 6.07) is 9.37. The fourth-order valence-electron chi connectivity index (χ4n) is 1.84. The van der Waals surface area contributed by atoms with Gasteiger partial charge in [0.1, 0.15) is 6.61 Å². The van der Waals surface area contributed by atoms with Gasteiger partial charge < -0.3 is 21.1 Å². The van der Waals surface area contributed by atoms with Gasteiger partial charge in [-0.2, -0.15) is 0 Å². The highest BCUT2D eigenvalue weighted by Gasteiger charge is 2.06. The van der Waals surface area contributed by atoms with Gasteiger partial charge in [0.25, 0.3) is 0 Å². The smallest absolute Gasteiger partial charge is 0.407 e. The topological polar surface area (TPSA) is 93.5 Å². The maximum absolute atomic E-state index is 11.5. The Labute approximate surface area is 131 Å². The number of unbranched alkanes of at least 4 members (excludes halogenated alkanes) is 3. The first-order valence-corrected chi connectivity index (χ1v) is 7.63. The van der Waals surface area contributed by atoms with Gasteiger partial charge in [-0.15, -0.1) is 0 Å². The maximum atomic E-state index is 11.5. The van der Waals surface area contributed by atoms with E-state index in [-0.39, 0.29) is 19.1 Å². The van der Waals surface area contributed by atoms with Crippen LogP contribution in [0.2, 0.25) is 0 Å². The number of rotatable bonds is 10. The quantitative estimate of drug-likeness (QED) is 0.572. The first kappa shape index (κ1) is 18.0. The molecule has 1 rings (SSSR count). The summed E-state index contributed by atoms with van der Waals surface area (Å²) in [5.74, 6) is -0.213. The van der Waals surface area contributed by atoms with Gasteiger partial charge in [-0.25, -0.2) is 4.79 Å². The van der Waals surface area contributed by atoms with Crippen molar-refractivity contribution in [3.63, 3.8) is 0 Å². The Morgan fingerprint density at radius 1 is 1.00 bits per heavy atom. The largest absolute Gasteiger partial charge is 0.445 e. The molecule has 22 heavy (non-hydrogen) atoms. The number of carbonyl (C=O) groups excluding carboxylic acids is 2. The lowest BCUT2D eigenvalue weighted by molar-refractivity contribution is -0.120. The minimum atomic E-state index is -0.595. The van der Waals surface area contributed by atoms with E-state index in [1.807, 2.05) is 30.3 Å². The molecule has 0 radical (unpaired) electrons. The maximum Gasteiger partial charge on any atom is 0.407 e. The predicted molar refractivity (Wildman–Crippen MR) is 85.2 cm³/mol. The predicted octanol–water partition coefficient (Wildman–Crippen LogP) is 1.55. The number of amides is 2. The van der Waals surface area contributed by atoms with Gasteiger partial charge in [0.05, 0.1) is 6.54 Å². The van der Waals surface area contributed by atoms with Crippen molar-refractivity contribution < 1.29 is 14.3 Å². The van der Waals surface area contributed by atoms with Crippen molar-refractivity contribution >= 4 is 12.0 Å². The van der Waals surface area contributed by atoms with Crippen molar-refractivity contribution in [3.05, 3.63) is 35.9 Å². The number of nitrogens with one attached hydrogen (secondary N) is 2. The minimum absolute atomic E-state index is 0.0730. The monoisotopic (exact) mass is 307 g/mol. The third-order valence-electron chi connectivity index (χ3n) is 3.06. The second-order valence-corrected chi connectivity index (χ2v) is 4.97. The van der Waals surface area contributed by atoms with Crippen molar-refractivity contribution in [2.75, 3.05) is 19.6 Å². The van der Waals surface area contributed by atoms with E-state index in [0.29, 0.717) is 13.1 Å². The van der Waals surface area contributed by atoms with Gasteiger partial charge in [0.2, 0.25) is 5.91 Å². The zero-order valence-corrected chi connectivity index (χ0v) is 12.8.